The van der Waals surface area contributed by atoms with Crippen molar-refractivity contribution in [3.05, 3.63) is 30.2 Å². The van der Waals surface area contributed by atoms with Crippen LogP contribution >= 0.6 is 0 Å². The van der Waals surface area contributed by atoms with Crippen molar-refractivity contribution in [3.63, 3.8) is 0 Å². The van der Waals surface area contributed by atoms with Crippen molar-refractivity contribution in [3.8, 4) is 6.07 Å². The molecule has 1 aliphatic rings. The van der Waals surface area contributed by atoms with Gasteiger partial charge in [-0.25, -0.2) is 15.0 Å². The van der Waals surface area contributed by atoms with Crippen molar-refractivity contribution in [1.29, 1.82) is 5.26 Å². The van der Waals surface area contributed by atoms with Crippen molar-refractivity contribution < 1.29 is 0 Å². The van der Waals surface area contributed by atoms with Crippen LogP contribution in [-0.2, 0) is 0 Å². The molecule has 8 nitrogen and oxygen atoms in total. The molecule has 124 valence electrons. The summed E-state index contributed by atoms with van der Waals surface area (Å²) in [4.78, 5) is 21.2. The van der Waals surface area contributed by atoms with Crippen LogP contribution in [0.3, 0.4) is 0 Å². The number of aromatic nitrogens is 4. The molecule has 0 amide bonds. The molecule has 3 rings (SSSR count). The molecule has 0 bridgehead atoms. The van der Waals surface area contributed by atoms with Crippen LogP contribution in [0.4, 0.5) is 17.7 Å². The molecule has 0 spiro atoms. The summed E-state index contributed by atoms with van der Waals surface area (Å²) in [6.07, 6.45) is 5.32. The predicted molar refractivity (Wildman–Crippen MR) is 92.0 cm³/mol. The summed E-state index contributed by atoms with van der Waals surface area (Å²) >= 11 is 0. The molecular weight excluding hydrogens is 304 g/mol. The number of nitrogens with one attached hydrogen (secondary N) is 1. The SMILES string of the molecule is CN(C)c1nccc(NC2CCN(c3nccc(C#N)n3)CC2)n1. The maximum atomic E-state index is 8.94. The highest BCUT2D eigenvalue weighted by atomic mass is 15.3. The van der Waals surface area contributed by atoms with Gasteiger partial charge in [0, 0.05) is 45.6 Å². The van der Waals surface area contributed by atoms with Gasteiger partial charge in [-0.1, -0.05) is 0 Å². The molecule has 1 fully saturated rings. The van der Waals surface area contributed by atoms with Gasteiger partial charge in [0.1, 0.15) is 17.6 Å². The topological polar surface area (TPSA) is 93.9 Å². The maximum Gasteiger partial charge on any atom is 0.226 e. The van der Waals surface area contributed by atoms with E-state index >= 15 is 0 Å². The van der Waals surface area contributed by atoms with Gasteiger partial charge in [0.25, 0.3) is 0 Å². The molecule has 0 aliphatic carbocycles. The van der Waals surface area contributed by atoms with Crippen molar-refractivity contribution in [2.45, 2.75) is 18.9 Å². The first kappa shape index (κ1) is 15.9. The Morgan fingerprint density at radius 2 is 1.92 bits per heavy atom. The Morgan fingerprint density at radius 3 is 2.62 bits per heavy atom. The molecule has 0 atom stereocenters. The van der Waals surface area contributed by atoms with Crippen LogP contribution in [-0.4, -0.2) is 53.2 Å². The van der Waals surface area contributed by atoms with E-state index in [1.165, 1.54) is 0 Å². The highest BCUT2D eigenvalue weighted by Crippen LogP contribution is 2.19. The van der Waals surface area contributed by atoms with Crippen LogP contribution in [0.15, 0.2) is 24.5 Å². The van der Waals surface area contributed by atoms with Crippen LogP contribution < -0.4 is 15.1 Å². The number of rotatable bonds is 4. The monoisotopic (exact) mass is 324 g/mol. The van der Waals surface area contributed by atoms with Crippen molar-refractivity contribution in [2.75, 3.05) is 42.3 Å². The second kappa shape index (κ2) is 7.08. The van der Waals surface area contributed by atoms with E-state index in [9.17, 15) is 0 Å². The van der Waals surface area contributed by atoms with E-state index in [1.807, 2.05) is 25.1 Å². The fraction of sp³-hybridized carbons (Fsp3) is 0.438. The number of piperidine rings is 1. The molecule has 0 saturated carbocycles. The minimum atomic E-state index is 0.352. The fourth-order valence-electron chi connectivity index (χ4n) is 2.64. The lowest BCUT2D eigenvalue weighted by Gasteiger charge is -2.32. The number of hydrogen-bond donors (Lipinski definition) is 1. The Hall–Kier alpha value is -2.95. The maximum absolute atomic E-state index is 8.94. The lowest BCUT2D eigenvalue weighted by molar-refractivity contribution is 0.518. The number of nitriles is 1. The first-order valence-corrected chi connectivity index (χ1v) is 7.90. The minimum Gasteiger partial charge on any atom is -0.367 e. The average molecular weight is 324 g/mol. The van der Waals surface area contributed by atoms with E-state index in [0.717, 1.165) is 31.7 Å². The van der Waals surface area contributed by atoms with Crippen molar-refractivity contribution >= 4 is 17.7 Å². The second-order valence-electron chi connectivity index (χ2n) is 5.90. The first-order chi connectivity index (χ1) is 11.7. The Kier molecular flexibility index (Phi) is 4.70. The summed E-state index contributed by atoms with van der Waals surface area (Å²) in [5, 5.41) is 12.4. The van der Waals surface area contributed by atoms with Gasteiger partial charge in [-0.2, -0.15) is 10.2 Å². The largest absolute Gasteiger partial charge is 0.367 e. The predicted octanol–water partition coefficient (Wildman–Crippen LogP) is 1.29. The highest BCUT2D eigenvalue weighted by Gasteiger charge is 2.21. The molecule has 1 N–H and O–H groups in total. The van der Waals surface area contributed by atoms with E-state index in [0.29, 0.717) is 23.6 Å². The molecule has 0 aromatic carbocycles. The van der Waals surface area contributed by atoms with Gasteiger partial charge in [-0.05, 0) is 25.0 Å². The summed E-state index contributed by atoms with van der Waals surface area (Å²) in [7, 11) is 3.85. The molecular formula is C16H20N8. The fourth-order valence-corrected chi connectivity index (χ4v) is 2.64. The normalized spacial score (nSPS) is 15.0. The lowest BCUT2D eigenvalue weighted by atomic mass is 10.1. The minimum absolute atomic E-state index is 0.352. The summed E-state index contributed by atoms with van der Waals surface area (Å²) in [5.74, 6) is 2.17. The molecule has 24 heavy (non-hydrogen) atoms. The van der Waals surface area contributed by atoms with Gasteiger partial charge in [0.05, 0.1) is 0 Å². The van der Waals surface area contributed by atoms with E-state index in [2.05, 4.69) is 36.2 Å². The zero-order valence-corrected chi connectivity index (χ0v) is 13.8. The highest BCUT2D eigenvalue weighted by molar-refractivity contribution is 5.42. The number of anilines is 3. The first-order valence-electron chi connectivity index (χ1n) is 7.90. The molecule has 2 aromatic heterocycles. The van der Waals surface area contributed by atoms with Crippen LogP contribution in [0.25, 0.3) is 0 Å². The van der Waals surface area contributed by atoms with Gasteiger partial charge in [0.2, 0.25) is 11.9 Å². The Labute approximate surface area is 141 Å². The molecule has 1 saturated heterocycles. The Bertz CT molecular complexity index is 731. The van der Waals surface area contributed by atoms with E-state index in [-0.39, 0.29) is 0 Å². The van der Waals surface area contributed by atoms with Crippen LogP contribution in [0.5, 0.6) is 0 Å². The summed E-state index contributed by atoms with van der Waals surface area (Å²) in [6, 6.07) is 5.91. The van der Waals surface area contributed by atoms with Gasteiger partial charge in [0.15, 0.2) is 0 Å². The quantitative estimate of drug-likeness (QED) is 0.899. The third-order valence-corrected chi connectivity index (χ3v) is 3.93. The Morgan fingerprint density at radius 1 is 1.17 bits per heavy atom. The van der Waals surface area contributed by atoms with Crippen molar-refractivity contribution in [1.82, 2.24) is 19.9 Å². The van der Waals surface area contributed by atoms with Crippen LogP contribution in [0.2, 0.25) is 0 Å². The second-order valence-corrected chi connectivity index (χ2v) is 5.90. The Balaban J connectivity index is 1.59. The number of nitrogens with zero attached hydrogens (tertiary/aromatic N) is 7. The van der Waals surface area contributed by atoms with Gasteiger partial charge < -0.3 is 15.1 Å². The van der Waals surface area contributed by atoms with Gasteiger partial charge >= 0.3 is 0 Å². The zero-order chi connectivity index (χ0) is 16.9. The van der Waals surface area contributed by atoms with Gasteiger partial charge in [-0.15, -0.1) is 0 Å². The summed E-state index contributed by atoms with van der Waals surface area (Å²) in [5.41, 5.74) is 0.400. The third-order valence-electron chi connectivity index (χ3n) is 3.93. The molecule has 2 aromatic rings. The molecule has 0 unspecified atom stereocenters. The molecule has 1 aliphatic heterocycles. The summed E-state index contributed by atoms with van der Waals surface area (Å²) < 4.78 is 0. The smallest absolute Gasteiger partial charge is 0.226 e. The molecule has 3 heterocycles. The molecule has 8 heteroatoms. The number of hydrogen-bond acceptors (Lipinski definition) is 8. The zero-order valence-electron chi connectivity index (χ0n) is 13.8. The lowest BCUT2D eigenvalue weighted by Crippen LogP contribution is -2.40. The van der Waals surface area contributed by atoms with Crippen molar-refractivity contribution in [2.24, 2.45) is 0 Å². The van der Waals surface area contributed by atoms with Crippen LogP contribution in [0.1, 0.15) is 18.5 Å². The van der Waals surface area contributed by atoms with E-state index < -0.39 is 0 Å². The summed E-state index contributed by atoms with van der Waals surface area (Å²) in [6.45, 7) is 1.69. The average Bonchev–Trinajstić information content (AvgIpc) is 2.62. The van der Waals surface area contributed by atoms with Crippen LogP contribution in [0, 0.1) is 11.3 Å². The standard InChI is InChI=1S/C16H20N8/c1-23(2)15-18-8-4-14(22-15)20-12-5-9-24(10-6-12)16-19-7-3-13(11-17)21-16/h3-4,7-8,12H,5-6,9-10H2,1-2H3,(H,18,20,22). The molecule has 0 radical (unpaired) electrons. The van der Waals surface area contributed by atoms with E-state index in [1.54, 1.807) is 18.5 Å². The van der Waals surface area contributed by atoms with E-state index in [4.69, 9.17) is 5.26 Å². The van der Waals surface area contributed by atoms with Gasteiger partial charge in [-0.3, -0.25) is 0 Å². The third kappa shape index (κ3) is 3.68.